The van der Waals surface area contributed by atoms with Gasteiger partial charge in [-0.1, -0.05) is 12.2 Å². The maximum absolute atomic E-state index is 5.60. The first kappa shape index (κ1) is 11.8. The molecule has 1 aromatic rings. The van der Waals surface area contributed by atoms with E-state index >= 15 is 0 Å². The minimum Gasteiger partial charge on any atom is -0.497 e. The average Bonchev–Trinajstić information content (AvgIpc) is 2.16. The van der Waals surface area contributed by atoms with Crippen LogP contribution in [0.5, 0.6) is 11.5 Å². The molecule has 0 fully saturated rings. The minimum atomic E-state index is 0.0743. The van der Waals surface area contributed by atoms with Crippen molar-refractivity contribution in [2.24, 2.45) is 5.73 Å². The van der Waals surface area contributed by atoms with Crippen LogP contribution in [-0.4, -0.2) is 18.2 Å². The van der Waals surface area contributed by atoms with Crippen molar-refractivity contribution in [1.82, 2.24) is 0 Å². The summed E-state index contributed by atoms with van der Waals surface area (Å²) in [5.74, 6) is 1.39. The molecule has 82 valence electrons. The van der Waals surface area contributed by atoms with E-state index in [0.29, 0.717) is 10.7 Å². The van der Waals surface area contributed by atoms with Crippen molar-refractivity contribution in [2.75, 3.05) is 7.11 Å². The van der Waals surface area contributed by atoms with E-state index in [1.807, 2.05) is 19.9 Å². The Balaban J connectivity index is 3.10. The maximum Gasteiger partial charge on any atom is 0.133 e. The molecule has 0 saturated heterocycles. The van der Waals surface area contributed by atoms with Gasteiger partial charge in [0.1, 0.15) is 16.5 Å². The van der Waals surface area contributed by atoms with Gasteiger partial charge in [-0.25, -0.2) is 0 Å². The number of nitrogens with two attached hydrogens (primary N) is 1. The quantitative estimate of drug-likeness (QED) is 0.797. The van der Waals surface area contributed by atoms with Crippen LogP contribution in [-0.2, 0) is 0 Å². The molecule has 0 atom stereocenters. The zero-order valence-electron chi connectivity index (χ0n) is 9.11. The molecule has 0 aliphatic rings. The molecule has 0 amide bonds. The van der Waals surface area contributed by atoms with Crippen molar-refractivity contribution in [1.29, 1.82) is 0 Å². The van der Waals surface area contributed by atoms with E-state index in [-0.39, 0.29) is 6.10 Å². The lowest BCUT2D eigenvalue weighted by Crippen LogP contribution is -2.14. The third-order valence-corrected chi connectivity index (χ3v) is 2.04. The highest BCUT2D eigenvalue weighted by Crippen LogP contribution is 2.25. The van der Waals surface area contributed by atoms with Crippen LogP contribution in [0.15, 0.2) is 18.2 Å². The summed E-state index contributed by atoms with van der Waals surface area (Å²) in [7, 11) is 1.61. The van der Waals surface area contributed by atoms with Gasteiger partial charge in [-0.3, -0.25) is 0 Å². The zero-order valence-corrected chi connectivity index (χ0v) is 9.93. The molecule has 0 aromatic heterocycles. The standard InChI is InChI=1S/C11H15NO2S/c1-7(2)14-10-6-8(13-3)4-5-9(10)11(12)15/h4-7H,1-3H3,(H2,12,15). The highest BCUT2D eigenvalue weighted by atomic mass is 32.1. The van der Waals surface area contributed by atoms with E-state index in [1.165, 1.54) is 0 Å². The van der Waals surface area contributed by atoms with E-state index < -0.39 is 0 Å². The van der Waals surface area contributed by atoms with Crippen LogP contribution >= 0.6 is 12.2 Å². The van der Waals surface area contributed by atoms with E-state index in [4.69, 9.17) is 27.4 Å². The monoisotopic (exact) mass is 225 g/mol. The van der Waals surface area contributed by atoms with Crippen molar-refractivity contribution in [3.63, 3.8) is 0 Å². The van der Waals surface area contributed by atoms with E-state index in [9.17, 15) is 0 Å². The van der Waals surface area contributed by atoms with Gasteiger partial charge in [0.05, 0.1) is 18.8 Å². The number of rotatable bonds is 4. The molecule has 4 heteroatoms. The highest BCUT2D eigenvalue weighted by molar-refractivity contribution is 7.80. The Bertz CT molecular complexity index is 364. The van der Waals surface area contributed by atoms with Crippen LogP contribution in [0.1, 0.15) is 19.4 Å². The Hall–Kier alpha value is -1.29. The van der Waals surface area contributed by atoms with Crippen molar-refractivity contribution in [3.8, 4) is 11.5 Å². The third-order valence-electron chi connectivity index (χ3n) is 1.82. The van der Waals surface area contributed by atoms with Crippen LogP contribution in [0, 0.1) is 0 Å². The molecule has 0 aliphatic carbocycles. The van der Waals surface area contributed by atoms with Crippen LogP contribution in [0.25, 0.3) is 0 Å². The van der Waals surface area contributed by atoms with Crippen molar-refractivity contribution >= 4 is 17.2 Å². The highest BCUT2D eigenvalue weighted by Gasteiger charge is 2.09. The van der Waals surface area contributed by atoms with Gasteiger partial charge >= 0.3 is 0 Å². The van der Waals surface area contributed by atoms with Gasteiger partial charge in [-0.05, 0) is 26.0 Å². The van der Waals surface area contributed by atoms with E-state index in [1.54, 1.807) is 19.2 Å². The Labute approximate surface area is 95.2 Å². The predicted octanol–water partition coefficient (Wildman–Crippen LogP) is 2.12. The number of hydrogen-bond acceptors (Lipinski definition) is 3. The summed E-state index contributed by atoms with van der Waals surface area (Å²) >= 11 is 4.94. The number of ether oxygens (including phenoxy) is 2. The molecule has 15 heavy (non-hydrogen) atoms. The zero-order chi connectivity index (χ0) is 11.4. The summed E-state index contributed by atoms with van der Waals surface area (Å²) in [6.45, 7) is 3.89. The Morgan fingerprint density at radius 2 is 2.07 bits per heavy atom. The Morgan fingerprint density at radius 1 is 1.40 bits per heavy atom. The van der Waals surface area contributed by atoms with Crippen LogP contribution in [0.3, 0.4) is 0 Å². The summed E-state index contributed by atoms with van der Waals surface area (Å²) in [6.07, 6.45) is 0.0743. The molecule has 3 nitrogen and oxygen atoms in total. The van der Waals surface area contributed by atoms with Crippen LogP contribution in [0.2, 0.25) is 0 Å². The topological polar surface area (TPSA) is 44.5 Å². The van der Waals surface area contributed by atoms with Gasteiger partial charge in [0.25, 0.3) is 0 Å². The molecule has 0 bridgehead atoms. The van der Waals surface area contributed by atoms with Crippen LogP contribution in [0.4, 0.5) is 0 Å². The molecule has 0 unspecified atom stereocenters. The summed E-state index contributed by atoms with van der Waals surface area (Å²) < 4.78 is 10.7. The van der Waals surface area contributed by atoms with E-state index in [0.717, 1.165) is 11.3 Å². The predicted molar refractivity (Wildman–Crippen MR) is 64.6 cm³/mol. The fraction of sp³-hybridized carbons (Fsp3) is 0.364. The van der Waals surface area contributed by atoms with Gasteiger partial charge in [0.2, 0.25) is 0 Å². The van der Waals surface area contributed by atoms with Gasteiger partial charge in [-0.15, -0.1) is 0 Å². The molecule has 0 spiro atoms. The lowest BCUT2D eigenvalue weighted by atomic mass is 10.2. The second-order valence-electron chi connectivity index (χ2n) is 3.39. The molecule has 1 aromatic carbocycles. The molecular weight excluding hydrogens is 210 g/mol. The first-order chi connectivity index (χ1) is 7.04. The van der Waals surface area contributed by atoms with Gasteiger partial charge < -0.3 is 15.2 Å². The molecule has 0 radical (unpaired) electrons. The first-order valence-electron chi connectivity index (χ1n) is 4.69. The minimum absolute atomic E-state index is 0.0743. The molecule has 0 aliphatic heterocycles. The lowest BCUT2D eigenvalue weighted by molar-refractivity contribution is 0.241. The Morgan fingerprint density at radius 3 is 2.53 bits per heavy atom. The third kappa shape index (κ3) is 3.09. The fourth-order valence-corrected chi connectivity index (χ4v) is 1.35. The maximum atomic E-state index is 5.60. The first-order valence-corrected chi connectivity index (χ1v) is 5.10. The fourth-order valence-electron chi connectivity index (χ4n) is 1.18. The molecule has 2 N–H and O–H groups in total. The SMILES string of the molecule is COc1ccc(C(N)=S)c(OC(C)C)c1. The van der Waals surface area contributed by atoms with E-state index in [2.05, 4.69) is 0 Å². The number of thiocarbonyl (C=S) groups is 1. The van der Waals surface area contributed by atoms with Crippen molar-refractivity contribution in [2.45, 2.75) is 20.0 Å². The molecule has 0 saturated carbocycles. The van der Waals surface area contributed by atoms with Crippen molar-refractivity contribution in [3.05, 3.63) is 23.8 Å². The average molecular weight is 225 g/mol. The van der Waals surface area contributed by atoms with Crippen LogP contribution < -0.4 is 15.2 Å². The lowest BCUT2D eigenvalue weighted by Gasteiger charge is -2.14. The number of hydrogen-bond donors (Lipinski definition) is 1. The largest absolute Gasteiger partial charge is 0.497 e. The Kier molecular flexibility index (Phi) is 3.91. The summed E-state index contributed by atoms with van der Waals surface area (Å²) in [5, 5.41) is 0. The number of benzene rings is 1. The van der Waals surface area contributed by atoms with Crippen molar-refractivity contribution < 1.29 is 9.47 Å². The summed E-state index contributed by atoms with van der Waals surface area (Å²) in [6, 6.07) is 5.40. The molecule has 0 heterocycles. The second-order valence-corrected chi connectivity index (χ2v) is 3.83. The summed E-state index contributed by atoms with van der Waals surface area (Å²) in [5.41, 5.74) is 6.33. The second kappa shape index (κ2) is 4.98. The van der Waals surface area contributed by atoms with Gasteiger partial charge in [0.15, 0.2) is 0 Å². The van der Waals surface area contributed by atoms with Gasteiger partial charge in [-0.2, -0.15) is 0 Å². The normalized spacial score (nSPS) is 10.1. The summed E-state index contributed by atoms with van der Waals surface area (Å²) in [4.78, 5) is 0.327. The smallest absolute Gasteiger partial charge is 0.133 e. The van der Waals surface area contributed by atoms with Gasteiger partial charge in [0, 0.05) is 6.07 Å². The number of methoxy groups -OCH3 is 1. The molecule has 1 rings (SSSR count). The molecular formula is C11H15NO2S.